The van der Waals surface area contributed by atoms with Crippen LogP contribution in [0.2, 0.25) is 0 Å². The van der Waals surface area contributed by atoms with Gasteiger partial charge in [-0.25, -0.2) is 9.50 Å². The van der Waals surface area contributed by atoms with E-state index in [1.54, 1.807) is 35.9 Å². The van der Waals surface area contributed by atoms with Crippen LogP contribution in [0.1, 0.15) is 21.7 Å². The molecular weight excluding hydrogens is 414 g/mol. The van der Waals surface area contributed by atoms with Crippen LogP contribution in [0, 0.1) is 24.0 Å². The number of carbonyl (C=O) groups excluding carboxylic acids is 1. The average molecular weight is 433 g/mol. The van der Waals surface area contributed by atoms with Crippen LogP contribution in [0.4, 0.5) is 11.4 Å². The maximum Gasteiger partial charge on any atom is 0.275 e. The summed E-state index contributed by atoms with van der Waals surface area (Å²) < 4.78 is 12.4. The van der Waals surface area contributed by atoms with Crippen LogP contribution in [-0.4, -0.2) is 32.5 Å². The van der Waals surface area contributed by atoms with Crippen LogP contribution in [0.5, 0.6) is 17.2 Å². The maximum atomic E-state index is 12.9. The van der Waals surface area contributed by atoms with Crippen molar-refractivity contribution in [1.82, 2.24) is 14.6 Å². The van der Waals surface area contributed by atoms with E-state index in [2.05, 4.69) is 15.4 Å². The number of non-ortho nitro benzene ring substituents is 1. The van der Waals surface area contributed by atoms with E-state index in [1.165, 1.54) is 24.4 Å². The fraction of sp³-hybridized carbons (Fsp3) is 0.136. The molecule has 0 saturated heterocycles. The van der Waals surface area contributed by atoms with Gasteiger partial charge in [0.1, 0.15) is 22.8 Å². The lowest BCUT2D eigenvalue weighted by atomic mass is 10.2. The minimum Gasteiger partial charge on any atom is -0.497 e. The molecule has 2 aromatic carbocycles. The van der Waals surface area contributed by atoms with Gasteiger partial charge in [-0.2, -0.15) is 5.10 Å². The number of rotatable bonds is 6. The Balaban J connectivity index is 1.64. The summed E-state index contributed by atoms with van der Waals surface area (Å²) in [6, 6.07) is 12.7. The van der Waals surface area contributed by atoms with Gasteiger partial charge in [0.25, 0.3) is 11.6 Å². The summed E-state index contributed by atoms with van der Waals surface area (Å²) >= 11 is 0. The highest BCUT2D eigenvalue weighted by Crippen LogP contribution is 2.31. The SMILES string of the molecule is COc1ccc(Oc2cc(NC(=O)c3cnn4c(C)cc(C)nc34)cc([N+](=O)[O-])c2)cc1. The Kier molecular flexibility index (Phi) is 5.42. The van der Waals surface area contributed by atoms with Gasteiger partial charge in [0.15, 0.2) is 5.65 Å². The number of nitro benzene ring substituents is 1. The van der Waals surface area contributed by atoms with Crippen molar-refractivity contribution < 1.29 is 19.2 Å². The molecular formula is C22H19N5O5. The number of amides is 1. The van der Waals surface area contributed by atoms with Gasteiger partial charge in [0.05, 0.1) is 30.0 Å². The fourth-order valence-corrected chi connectivity index (χ4v) is 3.23. The molecule has 0 bridgehead atoms. The van der Waals surface area contributed by atoms with Crippen LogP contribution >= 0.6 is 0 Å². The zero-order chi connectivity index (χ0) is 22.8. The summed E-state index contributed by atoms with van der Waals surface area (Å²) in [4.78, 5) is 28.1. The molecule has 0 unspecified atom stereocenters. The second-order valence-corrected chi connectivity index (χ2v) is 7.04. The van der Waals surface area contributed by atoms with Gasteiger partial charge in [-0.15, -0.1) is 0 Å². The molecule has 0 aliphatic carbocycles. The quantitative estimate of drug-likeness (QED) is 0.355. The van der Waals surface area contributed by atoms with E-state index in [0.29, 0.717) is 17.1 Å². The molecule has 2 heterocycles. The van der Waals surface area contributed by atoms with Gasteiger partial charge in [0.2, 0.25) is 0 Å². The van der Waals surface area contributed by atoms with Crippen molar-refractivity contribution in [3.63, 3.8) is 0 Å². The fourth-order valence-electron chi connectivity index (χ4n) is 3.23. The number of benzene rings is 2. The molecule has 0 radical (unpaired) electrons. The van der Waals surface area contributed by atoms with Crippen LogP contribution < -0.4 is 14.8 Å². The van der Waals surface area contributed by atoms with Gasteiger partial charge in [-0.1, -0.05) is 0 Å². The van der Waals surface area contributed by atoms with Crippen LogP contribution in [0.25, 0.3) is 5.65 Å². The molecule has 4 aromatic rings. The molecule has 4 rings (SSSR count). The summed E-state index contributed by atoms with van der Waals surface area (Å²) in [7, 11) is 1.55. The lowest BCUT2D eigenvalue weighted by Crippen LogP contribution is -2.12. The van der Waals surface area contributed by atoms with Gasteiger partial charge >= 0.3 is 0 Å². The number of hydrogen-bond acceptors (Lipinski definition) is 7. The number of ether oxygens (including phenoxy) is 2. The minimum atomic E-state index is -0.555. The molecule has 0 spiro atoms. The predicted molar refractivity (Wildman–Crippen MR) is 117 cm³/mol. The highest BCUT2D eigenvalue weighted by Gasteiger charge is 2.18. The van der Waals surface area contributed by atoms with Gasteiger partial charge < -0.3 is 14.8 Å². The van der Waals surface area contributed by atoms with E-state index in [4.69, 9.17) is 9.47 Å². The third kappa shape index (κ3) is 4.19. The lowest BCUT2D eigenvalue weighted by Gasteiger charge is -2.10. The molecule has 0 fully saturated rings. The lowest BCUT2D eigenvalue weighted by molar-refractivity contribution is -0.384. The summed E-state index contributed by atoms with van der Waals surface area (Å²) in [5.41, 5.74) is 2.21. The summed E-state index contributed by atoms with van der Waals surface area (Å²) in [6.07, 6.45) is 1.41. The van der Waals surface area contributed by atoms with E-state index < -0.39 is 10.8 Å². The second-order valence-electron chi connectivity index (χ2n) is 7.04. The molecule has 0 saturated carbocycles. The number of carbonyl (C=O) groups is 1. The molecule has 0 atom stereocenters. The Morgan fingerprint density at radius 3 is 2.47 bits per heavy atom. The highest BCUT2D eigenvalue weighted by atomic mass is 16.6. The molecule has 32 heavy (non-hydrogen) atoms. The molecule has 162 valence electrons. The number of nitro groups is 1. The topological polar surface area (TPSA) is 121 Å². The van der Waals surface area contributed by atoms with E-state index in [9.17, 15) is 14.9 Å². The van der Waals surface area contributed by atoms with Crippen molar-refractivity contribution in [2.75, 3.05) is 12.4 Å². The van der Waals surface area contributed by atoms with Gasteiger partial charge in [-0.05, 0) is 44.2 Å². The monoisotopic (exact) mass is 433 g/mol. The summed E-state index contributed by atoms with van der Waals surface area (Å²) in [5.74, 6) is 0.816. The number of nitrogens with zero attached hydrogens (tertiary/aromatic N) is 4. The summed E-state index contributed by atoms with van der Waals surface area (Å²) in [6.45, 7) is 3.69. The number of anilines is 1. The minimum absolute atomic E-state index is 0.198. The number of aromatic nitrogens is 3. The maximum absolute atomic E-state index is 12.9. The van der Waals surface area contributed by atoms with E-state index in [1.807, 2.05) is 19.9 Å². The first-order valence-electron chi connectivity index (χ1n) is 9.59. The number of nitrogens with one attached hydrogen (secondary N) is 1. The normalized spacial score (nSPS) is 10.7. The Morgan fingerprint density at radius 2 is 1.78 bits per heavy atom. The smallest absolute Gasteiger partial charge is 0.275 e. The van der Waals surface area contributed by atoms with Crippen molar-refractivity contribution in [3.8, 4) is 17.2 Å². The predicted octanol–water partition coefficient (Wildman–Crippen LogP) is 4.31. The molecule has 1 amide bonds. The summed E-state index contributed by atoms with van der Waals surface area (Å²) in [5, 5.41) is 18.3. The number of hydrogen-bond donors (Lipinski definition) is 1. The van der Waals surface area contributed by atoms with Gasteiger partial charge in [0, 0.05) is 23.5 Å². The molecule has 1 N–H and O–H groups in total. The third-order valence-corrected chi connectivity index (χ3v) is 4.68. The standard InChI is InChI=1S/C22H19N5O5/c1-13-8-14(2)26-21(24-13)20(12-23-26)22(28)25-15-9-16(27(29)30)11-19(10-15)32-18-6-4-17(31-3)5-7-18/h4-12H,1-3H3,(H,25,28). The van der Waals surface area contributed by atoms with E-state index in [0.717, 1.165) is 11.4 Å². The Hall–Kier alpha value is -4.47. The second kappa shape index (κ2) is 8.34. The Bertz CT molecular complexity index is 1330. The van der Waals surface area contributed by atoms with Crippen molar-refractivity contribution in [2.24, 2.45) is 0 Å². The average Bonchev–Trinajstić information content (AvgIpc) is 3.18. The van der Waals surface area contributed by atoms with Crippen molar-refractivity contribution in [1.29, 1.82) is 0 Å². The molecule has 10 heteroatoms. The van der Waals surface area contributed by atoms with Crippen molar-refractivity contribution >= 4 is 22.9 Å². The van der Waals surface area contributed by atoms with E-state index in [-0.39, 0.29) is 22.7 Å². The first-order valence-corrected chi connectivity index (χ1v) is 9.59. The Labute approximate surface area is 182 Å². The Morgan fingerprint density at radius 1 is 1.06 bits per heavy atom. The highest BCUT2D eigenvalue weighted by molar-refractivity contribution is 6.08. The van der Waals surface area contributed by atoms with Gasteiger partial charge in [-0.3, -0.25) is 14.9 Å². The molecule has 10 nitrogen and oxygen atoms in total. The molecule has 2 aromatic heterocycles. The van der Waals surface area contributed by atoms with E-state index >= 15 is 0 Å². The number of methoxy groups -OCH3 is 1. The van der Waals surface area contributed by atoms with Crippen LogP contribution in [0.3, 0.4) is 0 Å². The van der Waals surface area contributed by atoms with Crippen LogP contribution in [0.15, 0.2) is 54.7 Å². The van der Waals surface area contributed by atoms with Crippen LogP contribution in [-0.2, 0) is 0 Å². The number of fused-ring (bicyclic) bond motifs is 1. The van der Waals surface area contributed by atoms with Crippen molar-refractivity contribution in [2.45, 2.75) is 13.8 Å². The number of aryl methyl sites for hydroxylation is 2. The third-order valence-electron chi connectivity index (χ3n) is 4.68. The zero-order valence-electron chi connectivity index (χ0n) is 17.5. The zero-order valence-corrected chi connectivity index (χ0v) is 17.5. The van der Waals surface area contributed by atoms with Crippen molar-refractivity contribution in [3.05, 3.63) is 81.8 Å². The molecule has 0 aliphatic heterocycles. The molecule has 0 aliphatic rings. The first-order chi connectivity index (χ1) is 15.3. The first kappa shape index (κ1) is 20.8. The largest absolute Gasteiger partial charge is 0.497 e.